The minimum Gasteiger partial charge on any atom is -0.394 e. The number of aliphatic hydroxyl groups is 6. The van der Waals surface area contributed by atoms with Gasteiger partial charge in [-0.2, -0.15) is 0 Å². The largest absolute Gasteiger partial charge is 0.394 e. The fraction of sp³-hybridized carbons (Fsp3) is 0.955. The molecular weight excluding hydrogens is 719 g/mol. The van der Waals surface area contributed by atoms with Crippen molar-refractivity contribution in [1.29, 1.82) is 0 Å². The van der Waals surface area contributed by atoms with Crippen LogP contribution in [-0.2, 0) is 19.2 Å². The molecule has 2 fully saturated rings. The van der Waals surface area contributed by atoms with Crippen LogP contribution in [0.5, 0.6) is 0 Å². The van der Waals surface area contributed by atoms with E-state index in [0.717, 1.165) is 63.2 Å². The summed E-state index contributed by atoms with van der Waals surface area (Å²) in [5.74, 6) is 2.07. The van der Waals surface area contributed by atoms with E-state index in [9.17, 15) is 34.8 Å². The molecule has 4 rings (SSSR count). The summed E-state index contributed by atoms with van der Waals surface area (Å²) in [7, 11) is -2.75. The highest BCUT2D eigenvalue weighted by Gasteiger charge is 2.50. The second kappa shape index (κ2) is 25.8. The summed E-state index contributed by atoms with van der Waals surface area (Å²) in [6.45, 7) is 6.20. The van der Waals surface area contributed by atoms with Crippen molar-refractivity contribution in [1.82, 2.24) is 0 Å². The highest BCUT2D eigenvalue weighted by molar-refractivity contribution is 7.92. The first kappa shape index (κ1) is 48.7. The van der Waals surface area contributed by atoms with E-state index in [1.807, 2.05) is 0 Å². The molecule has 10 nitrogen and oxygen atoms in total. The molecule has 55 heavy (non-hydrogen) atoms. The van der Waals surface area contributed by atoms with E-state index >= 15 is 0 Å². The predicted octanol–water partition coefficient (Wildman–Crippen LogP) is 7.59. The molecule has 1 aliphatic heterocycles. The van der Waals surface area contributed by atoms with Crippen LogP contribution < -0.4 is 0 Å². The molecule has 0 amide bonds. The standard InChI is InChI=1S/C44H83NO9S/c1-5-6-7-8-9-10-11-12-13-17-20-23-26-37(47)39(48)36(32-53-43-42(51)41(50)40(49)38(31-46)54-43)45-55(4,52)29-24-21-18-15-14-16-19-22-25-33-27-28-34-30-35(33)44(34,2)3/h27,34-43,46-51H,5-26,28-32H2,1-4H3/t34-,35-,36-,37+,38?,39-,40?,41?,42?,43?,55?/m0/s1. The summed E-state index contributed by atoms with van der Waals surface area (Å²) >= 11 is 0. The molecule has 1 heterocycles. The van der Waals surface area contributed by atoms with Gasteiger partial charge in [0.2, 0.25) is 0 Å². The summed E-state index contributed by atoms with van der Waals surface area (Å²) in [6.07, 6.45) is 21.9. The summed E-state index contributed by atoms with van der Waals surface area (Å²) in [5, 5.41) is 62.7. The minimum atomic E-state index is -2.75. The molecule has 0 aromatic carbocycles. The maximum atomic E-state index is 13.7. The zero-order valence-corrected chi connectivity index (χ0v) is 36.0. The van der Waals surface area contributed by atoms with Crippen molar-refractivity contribution < 1.29 is 44.3 Å². The van der Waals surface area contributed by atoms with Crippen LogP contribution in [0.4, 0.5) is 0 Å². The van der Waals surface area contributed by atoms with Crippen molar-refractivity contribution in [3.05, 3.63) is 11.6 Å². The van der Waals surface area contributed by atoms with Gasteiger partial charge in [0.1, 0.15) is 36.6 Å². The second-order valence-corrected chi connectivity index (χ2v) is 20.5. The van der Waals surface area contributed by atoms with E-state index in [1.165, 1.54) is 96.3 Å². The highest BCUT2D eigenvalue weighted by atomic mass is 32.2. The molecule has 1 saturated heterocycles. The second-order valence-electron chi connectivity index (χ2n) is 18.0. The number of fused-ring (bicyclic) bond motifs is 1. The Morgan fingerprint density at radius 2 is 1.36 bits per heavy atom. The van der Waals surface area contributed by atoms with Crippen LogP contribution >= 0.6 is 0 Å². The molecule has 4 aliphatic rings. The number of hydrogen-bond donors (Lipinski definition) is 6. The molecule has 11 atom stereocenters. The van der Waals surface area contributed by atoms with Gasteiger partial charge in [0.05, 0.1) is 19.3 Å². The zero-order valence-electron chi connectivity index (χ0n) is 35.2. The van der Waals surface area contributed by atoms with Gasteiger partial charge in [0.15, 0.2) is 6.29 Å². The third-order valence-electron chi connectivity index (χ3n) is 13.1. The van der Waals surface area contributed by atoms with E-state index < -0.39 is 65.3 Å². The number of nitrogens with zero attached hydrogens (tertiary/aromatic N) is 1. The Labute approximate surface area is 335 Å². The fourth-order valence-electron chi connectivity index (χ4n) is 9.07. The molecular formula is C44H83NO9S. The van der Waals surface area contributed by atoms with Crippen LogP contribution in [0.2, 0.25) is 0 Å². The zero-order chi connectivity index (χ0) is 40.3. The van der Waals surface area contributed by atoms with Crippen molar-refractivity contribution in [2.75, 3.05) is 25.2 Å². The highest BCUT2D eigenvalue weighted by Crippen LogP contribution is 2.60. The van der Waals surface area contributed by atoms with Gasteiger partial charge in [-0.1, -0.05) is 148 Å². The van der Waals surface area contributed by atoms with Gasteiger partial charge in [-0.25, -0.2) is 4.36 Å². The predicted molar refractivity (Wildman–Crippen MR) is 222 cm³/mol. The van der Waals surface area contributed by atoms with Gasteiger partial charge in [0.25, 0.3) is 0 Å². The van der Waals surface area contributed by atoms with Crippen molar-refractivity contribution in [3.8, 4) is 0 Å². The van der Waals surface area contributed by atoms with Gasteiger partial charge < -0.3 is 40.1 Å². The van der Waals surface area contributed by atoms with E-state index in [2.05, 4.69) is 31.2 Å². The van der Waals surface area contributed by atoms with Gasteiger partial charge in [0, 0.05) is 21.7 Å². The lowest BCUT2D eigenvalue weighted by Crippen LogP contribution is -2.59. The number of aliphatic hydroxyl groups excluding tert-OH is 6. The SMILES string of the molecule is CCCCCCCCCCCCCC[C@@H](O)[C@@H](O)[C@H](COC1OC(CO)C(O)C(O)C1O)N=S(C)(=O)CCCCCCCCCCC1=CC[C@H]2C[C@@H]1C2(C)C. The lowest BCUT2D eigenvalue weighted by atomic mass is 9.48. The summed E-state index contributed by atoms with van der Waals surface area (Å²) in [5.41, 5.74) is 2.22. The van der Waals surface area contributed by atoms with Crippen LogP contribution in [0.25, 0.3) is 0 Å². The van der Waals surface area contributed by atoms with Crippen LogP contribution in [0, 0.1) is 17.3 Å². The van der Waals surface area contributed by atoms with Crippen molar-refractivity contribution in [3.63, 3.8) is 0 Å². The number of ether oxygens (including phenoxy) is 2. The van der Waals surface area contributed by atoms with E-state index in [-0.39, 0.29) is 6.61 Å². The molecule has 0 aromatic heterocycles. The molecule has 0 radical (unpaired) electrons. The lowest BCUT2D eigenvalue weighted by molar-refractivity contribution is -0.302. The minimum absolute atomic E-state index is 0.333. The maximum absolute atomic E-state index is 13.7. The third-order valence-corrected chi connectivity index (χ3v) is 14.9. The van der Waals surface area contributed by atoms with Crippen LogP contribution in [-0.4, -0.2) is 109 Å². The summed E-state index contributed by atoms with van der Waals surface area (Å²) < 4.78 is 29.5. The average Bonchev–Trinajstić information content (AvgIpc) is 3.16. The topological polar surface area (TPSA) is 169 Å². The Kier molecular flexibility index (Phi) is 22.8. The maximum Gasteiger partial charge on any atom is 0.186 e. The number of rotatable bonds is 31. The average molecular weight is 802 g/mol. The van der Waals surface area contributed by atoms with E-state index in [1.54, 1.807) is 11.8 Å². The number of unbranched alkanes of at least 4 members (excludes halogenated alkanes) is 18. The summed E-state index contributed by atoms with van der Waals surface area (Å²) in [6, 6.07) is -1.07. The molecule has 6 unspecified atom stereocenters. The third kappa shape index (κ3) is 16.5. The Balaban J connectivity index is 1.40. The molecule has 3 aliphatic carbocycles. The first-order chi connectivity index (χ1) is 26.3. The van der Waals surface area contributed by atoms with Crippen LogP contribution in [0.3, 0.4) is 0 Å². The lowest BCUT2D eigenvalue weighted by Gasteiger charge is -2.56. The number of allylic oxidation sites excluding steroid dienone is 2. The van der Waals surface area contributed by atoms with E-state index in [0.29, 0.717) is 17.6 Å². The van der Waals surface area contributed by atoms with Crippen molar-refractivity contribution >= 4 is 9.73 Å². The molecule has 6 N–H and O–H groups in total. The molecule has 324 valence electrons. The van der Waals surface area contributed by atoms with Gasteiger partial charge in [-0.15, -0.1) is 0 Å². The van der Waals surface area contributed by atoms with Gasteiger partial charge >= 0.3 is 0 Å². The van der Waals surface area contributed by atoms with E-state index in [4.69, 9.17) is 9.47 Å². The van der Waals surface area contributed by atoms with Crippen LogP contribution in [0.1, 0.15) is 175 Å². The number of hydrogen-bond acceptors (Lipinski definition) is 10. The fourth-order valence-corrected chi connectivity index (χ4v) is 10.7. The monoisotopic (exact) mass is 802 g/mol. The molecule has 11 heteroatoms. The van der Waals surface area contributed by atoms with Crippen molar-refractivity contribution in [2.24, 2.45) is 21.6 Å². The normalized spacial score (nSPS) is 28.8. The Bertz CT molecular complexity index is 1190. The Hall–Kier alpha value is -0.630. The quantitative estimate of drug-likeness (QED) is 0.0306. The molecule has 0 spiro atoms. The molecule has 0 aromatic rings. The van der Waals surface area contributed by atoms with Crippen LogP contribution in [0.15, 0.2) is 16.0 Å². The smallest absolute Gasteiger partial charge is 0.186 e. The van der Waals surface area contributed by atoms with Gasteiger partial charge in [-0.3, -0.25) is 4.21 Å². The van der Waals surface area contributed by atoms with Crippen molar-refractivity contribution in [2.45, 2.75) is 224 Å². The van der Waals surface area contributed by atoms with Gasteiger partial charge in [-0.05, 0) is 55.8 Å². The first-order valence-corrected chi connectivity index (χ1v) is 24.6. The Morgan fingerprint density at radius 3 is 1.91 bits per heavy atom. The first-order valence-electron chi connectivity index (χ1n) is 22.5. The Morgan fingerprint density at radius 1 is 0.818 bits per heavy atom. The summed E-state index contributed by atoms with van der Waals surface area (Å²) in [4.78, 5) is 0. The molecule has 2 bridgehead atoms. The molecule has 1 saturated carbocycles.